The Hall–Kier alpha value is -1.23. The molecular formula is C13H10Cl3N3O. The lowest BCUT2D eigenvalue weighted by molar-refractivity contribution is 0.389. The van der Waals surface area contributed by atoms with Gasteiger partial charge in [-0.2, -0.15) is 0 Å². The van der Waals surface area contributed by atoms with E-state index in [1.807, 2.05) is 17.6 Å². The van der Waals surface area contributed by atoms with Gasteiger partial charge in [0, 0.05) is 6.07 Å². The SMILES string of the molecule is Cc1cc(Cn2c(CCl)nc3cc(Cl)c(Cl)cc32)no1. The van der Waals surface area contributed by atoms with Crippen molar-refractivity contribution in [3.8, 4) is 0 Å². The molecule has 0 aliphatic carbocycles. The Balaban J connectivity index is 2.14. The summed E-state index contributed by atoms with van der Waals surface area (Å²) < 4.78 is 7.04. The van der Waals surface area contributed by atoms with Gasteiger partial charge in [0.1, 0.15) is 17.3 Å². The van der Waals surface area contributed by atoms with E-state index in [1.54, 1.807) is 12.1 Å². The molecule has 0 fully saturated rings. The van der Waals surface area contributed by atoms with Gasteiger partial charge in [0.25, 0.3) is 0 Å². The monoisotopic (exact) mass is 329 g/mol. The van der Waals surface area contributed by atoms with E-state index >= 15 is 0 Å². The summed E-state index contributed by atoms with van der Waals surface area (Å²) in [6, 6.07) is 5.40. The fourth-order valence-electron chi connectivity index (χ4n) is 2.10. The number of nitrogens with zero attached hydrogens (tertiary/aromatic N) is 3. The number of halogens is 3. The Labute approximate surface area is 130 Å². The molecule has 0 spiro atoms. The van der Waals surface area contributed by atoms with Crippen LogP contribution in [0.25, 0.3) is 11.0 Å². The van der Waals surface area contributed by atoms with E-state index in [2.05, 4.69) is 10.1 Å². The maximum absolute atomic E-state index is 6.08. The van der Waals surface area contributed by atoms with Crippen molar-refractivity contribution in [3.63, 3.8) is 0 Å². The van der Waals surface area contributed by atoms with Crippen molar-refractivity contribution in [3.05, 3.63) is 45.5 Å². The maximum Gasteiger partial charge on any atom is 0.133 e. The normalized spacial score (nSPS) is 11.4. The van der Waals surface area contributed by atoms with Gasteiger partial charge in [-0.05, 0) is 19.1 Å². The van der Waals surface area contributed by atoms with Crippen molar-refractivity contribution < 1.29 is 4.52 Å². The Morgan fingerprint density at radius 1 is 1.20 bits per heavy atom. The Kier molecular flexibility index (Phi) is 3.63. The summed E-state index contributed by atoms with van der Waals surface area (Å²) in [5.41, 5.74) is 2.44. The molecular weight excluding hydrogens is 321 g/mol. The summed E-state index contributed by atoms with van der Waals surface area (Å²) in [6.07, 6.45) is 0. The average molecular weight is 331 g/mol. The molecule has 0 aliphatic rings. The molecule has 7 heteroatoms. The van der Waals surface area contributed by atoms with E-state index < -0.39 is 0 Å². The molecule has 2 aromatic heterocycles. The molecule has 4 nitrogen and oxygen atoms in total. The number of benzene rings is 1. The van der Waals surface area contributed by atoms with Crippen molar-refractivity contribution in [2.75, 3.05) is 0 Å². The Morgan fingerprint density at radius 3 is 2.60 bits per heavy atom. The highest BCUT2D eigenvalue weighted by Gasteiger charge is 2.14. The van der Waals surface area contributed by atoms with Crippen molar-refractivity contribution in [1.82, 2.24) is 14.7 Å². The summed E-state index contributed by atoms with van der Waals surface area (Å²) in [5, 5.41) is 4.95. The molecule has 0 saturated heterocycles. The third-order valence-electron chi connectivity index (χ3n) is 2.99. The zero-order valence-electron chi connectivity index (χ0n) is 10.5. The fraction of sp³-hybridized carbons (Fsp3) is 0.231. The Morgan fingerprint density at radius 2 is 1.95 bits per heavy atom. The highest BCUT2D eigenvalue weighted by atomic mass is 35.5. The van der Waals surface area contributed by atoms with Crippen molar-refractivity contribution in [2.45, 2.75) is 19.3 Å². The van der Waals surface area contributed by atoms with E-state index in [1.165, 1.54) is 0 Å². The molecule has 0 atom stereocenters. The van der Waals surface area contributed by atoms with Gasteiger partial charge in [-0.1, -0.05) is 28.4 Å². The number of aromatic nitrogens is 3. The van der Waals surface area contributed by atoms with Gasteiger partial charge in [-0.3, -0.25) is 0 Å². The zero-order chi connectivity index (χ0) is 14.3. The summed E-state index contributed by atoms with van der Waals surface area (Å²) in [5.74, 6) is 1.79. The summed E-state index contributed by atoms with van der Waals surface area (Å²) in [6.45, 7) is 2.37. The highest BCUT2D eigenvalue weighted by Crippen LogP contribution is 2.29. The number of fused-ring (bicyclic) bond motifs is 1. The third kappa shape index (κ3) is 2.39. The number of rotatable bonds is 3. The molecule has 0 unspecified atom stereocenters. The first-order valence-electron chi connectivity index (χ1n) is 5.91. The molecule has 0 radical (unpaired) electrons. The van der Waals surface area contributed by atoms with E-state index in [4.69, 9.17) is 39.3 Å². The van der Waals surface area contributed by atoms with Crippen LogP contribution < -0.4 is 0 Å². The van der Waals surface area contributed by atoms with Gasteiger partial charge in [-0.15, -0.1) is 11.6 Å². The molecule has 3 aromatic rings. The molecule has 0 N–H and O–H groups in total. The Bertz CT molecular complexity index is 779. The molecule has 2 heterocycles. The third-order valence-corrected chi connectivity index (χ3v) is 3.95. The average Bonchev–Trinajstić information content (AvgIpc) is 2.96. The number of hydrogen-bond donors (Lipinski definition) is 0. The smallest absolute Gasteiger partial charge is 0.133 e. The second kappa shape index (κ2) is 5.28. The fourth-order valence-corrected chi connectivity index (χ4v) is 2.62. The van der Waals surface area contributed by atoms with E-state index in [0.29, 0.717) is 22.5 Å². The number of hydrogen-bond acceptors (Lipinski definition) is 3. The first kappa shape index (κ1) is 13.7. The quantitative estimate of drug-likeness (QED) is 0.667. The van der Waals surface area contributed by atoms with Gasteiger partial charge in [0.05, 0.1) is 33.5 Å². The van der Waals surface area contributed by atoms with Crippen molar-refractivity contribution in [1.29, 1.82) is 0 Å². The summed E-state index contributed by atoms with van der Waals surface area (Å²) in [7, 11) is 0. The van der Waals surface area contributed by atoms with Gasteiger partial charge < -0.3 is 9.09 Å². The summed E-state index contributed by atoms with van der Waals surface area (Å²) >= 11 is 18.1. The van der Waals surface area contributed by atoms with Crippen LogP contribution in [0.5, 0.6) is 0 Å². The van der Waals surface area contributed by atoms with Crippen LogP contribution in [-0.4, -0.2) is 14.7 Å². The van der Waals surface area contributed by atoms with Crippen LogP contribution in [0.1, 0.15) is 17.3 Å². The van der Waals surface area contributed by atoms with Gasteiger partial charge in [0.15, 0.2) is 0 Å². The van der Waals surface area contributed by atoms with Crippen molar-refractivity contribution in [2.24, 2.45) is 0 Å². The number of imidazole rings is 1. The lowest BCUT2D eigenvalue weighted by Crippen LogP contribution is -2.04. The number of alkyl halides is 1. The number of aryl methyl sites for hydroxylation is 1. The van der Waals surface area contributed by atoms with Crippen LogP contribution in [0, 0.1) is 6.92 Å². The second-order valence-corrected chi connectivity index (χ2v) is 5.51. The molecule has 1 aromatic carbocycles. The van der Waals surface area contributed by atoms with Crippen LogP contribution >= 0.6 is 34.8 Å². The van der Waals surface area contributed by atoms with Crippen LogP contribution in [-0.2, 0) is 12.4 Å². The van der Waals surface area contributed by atoms with Gasteiger partial charge in [0.2, 0.25) is 0 Å². The molecule has 0 amide bonds. The first-order chi connectivity index (χ1) is 9.58. The topological polar surface area (TPSA) is 43.9 Å². The minimum absolute atomic E-state index is 0.292. The van der Waals surface area contributed by atoms with Gasteiger partial charge in [-0.25, -0.2) is 4.98 Å². The largest absolute Gasteiger partial charge is 0.361 e. The highest BCUT2D eigenvalue weighted by molar-refractivity contribution is 6.42. The summed E-state index contributed by atoms with van der Waals surface area (Å²) in [4.78, 5) is 4.47. The second-order valence-electron chi connectivity index (χ2n) is 4.43. The van der Waals surface area contributed by atoms with Crippen molar-refractivity contribution >= 4 is 45.8 Å². The lowest BCUT2D eigenvalue weighted by Gasteiger charge is -2.05. The molecule has 0 bridgehead atoms. The first-order valence-corrected chi connectivity index (χ1v) is 7.20. The minimum atomic E-state index is 0.292. The standard InChI is InChI=1S/C13H10Cl3N3O/c1-7-2-8(18-20-7)6-19-12-4-10(16)9(15)3-11(12)17-13(19)5-14/h2-4H,5-6H2,1H3. The van der Waals surface area contributed by atoms with E-state index in [-0.39, 0.29) is 0 Å². The molecule has 104 valence electrons. The van der Waals surface area contributed by atoms with Gasteiger partial charge >= 0.3 is 0 Å². The molecule has 0 saturated carbocycles. The van der Waals surface area contributed by atoms with Crippen LogP contribution in [0.3, 0.4) is 0 Å². The lowest BCUT2D eigenvalue weighted by atomic mass is 10.3. The predicted octanol–water partition coefficient (Wildman–Crippen LogP) is 4.43. The van der Waals surface area contributed by atoms with Crippen LogP contribution in [0.4, 0.5) is 0 Å². The molecule has 20 heavy (non-hydrogen) atoms. The maximum atomic E-state index is 6.08. The molecule has 0 aliphatic heterocycles. The van der Waals surface area contributed by atoms with Crippen LogP contribution in [0.15, 0.2) is 22.7 Å². The van der Waals surface area contributed by atoms with E-state index in [0.717, 1.165) is 28.3 Å². The van der Waals surface area contributed by atoms with Crippen LogP contribution in [0.2, 0.25) is 10.0 Å². The minimum Gasteiger partial charge on any atom is -0.361 e. The predicted molar refractivity (Wildman–Crippen MR) is 79.7 cm³/mol. The molecule has 3 rings (SSSR count). The van der Waals surface area contributed by atoms with E-state index in [9.17, 15) is 0 Å². The zero-order valence-corrected chi connectivity index (χ0v) is 12.8.